The van der Waals surface area contributed by atoms with Crippen molar-refractivity contribution in [3.05, 3.63) is 0 Å². The molecule has 1 saturated heterocycles. The Morgan fingerprint density at radius 1 is 1.45 bits per heavy atom. The van der Waals surface area contributed by atoms with E-state index in [1.165, 1.54) is 19.4 Å². The summed E-state index contributed by atoms with van der Waals surface area (Å²) in [6.07, 6.45) is 2.71. The van der Waals surface area contributed by atoms with Gasteiger partial charge in [-0.25, -0.2) is 0 Å². The van der Waals surface area contributed by atoms with Crippen LogP contribution in [0.25, 0.3) is 0 Å². The third kappa shape index (κ3) is 1.76. The average molecular weight is 155 g/mol. The van der Waals surface area contributed by atoms with Crippen molar-refractivity contribution < 1.29 is 0 Å². The van der Waals surface area contributed by atoms with Crippen LogP contribution in [0.1, 0.15) is 40.5 Å². The maximum Gasteiger partial charge on any atom is 0.0118 e. The Morgan fingerprint density at radius 3 is 2.18 bits per heavy atom. The van der Waals surface area contributed by atoms with Gasteiger partial charge in [0.05, 0.1) is 0 Å². The van der Waals surface area contributed by atoms with Crippen LogP contribution < -0.4 is 0 Å². The Morgan fingerprint density at radius 2 is 2.09 bits per heavy atom. The fourth-order valence-electron chi connectivity index (χ4n) is 2.12. The highest BCUT2D eigenvalue weighted by Crippen LogP contribution is 2.25. The zero-order valence-electron chi connectivity index (χ0n) is 8.30. The standard InChI is InChI=1S/C10H21N/c1-5-10(8(2)3)11-7-6-9(11)4/h8-10H,5-7H2,1-4H3. The van der Waals surface area contributed by atoms with Crippen LogP contribution in [0.15, 0.2) is 0 Å². The minimum absolute atomic E-state index is 0.822. The van der Waals surface area contributed by atoms with Crippen molar-refractivity contribution in [3.63, 3.8) is 0 Å². The van der Waals surface area contributed by atoms with Crippen molar-refractivity contribution in [3.8, 4) is 0 Å². The molecule has 1 heteroatoms. The Kier molecular flexibility index (Phi) is 2.94. The van der Waals surface area contributed by atoms with Crippen LogP contribution in [0, 0.1) is 5.92 Å². The van der Waals surface area contributed by atoms with Gasteiger partial charge in [-0.2, -0.15) is 0 Å². The summed E-state index contributed by atoms with van der Waals surface area (Å²) < 4.78 is 0. The molecule has 0 aromatic carbocycles. The van der Waals surface area contributed by atoms with Gasteiger partial charge in [0.1, 0.15) is 0 Å². The summed E-state index contributed by atoms with van der Waals surface area (Å²) >= 11 is 0. The zero-order chi connectivity index (χ0) is 8.43. The van der Waals surface area contributed by atoms with E-state index in [0.717, 1.165) is 18.0 Å². The molecule has 1 heterocycles. The van der Waals surface area contributed by atoms with E-state index in [-0.39, 0.29) is 0 Å². The monoisotopic (exact) mass is 155 g/mol. The average Bonchev–Trinajstić information content (AvgIpc) is 1.96. The third-order valence-electron chi connectivity index (χ3n) is 2.99. The largest absolute Gasteiger partial charge is 0.297 e. The van der Waals surface area contributed by atoms with E-state index in [2.05, 4.69) is 32.6 Å². The summed E-state index contributed by atoms with van der Waals surface area (Å²) in [4.78, 5) is 2.64. The van der Waals surface area contributed by atoms with Crippen molar-refractivity contribution in [2.75, 3.05) is 6.54 Å². The van der Waals surface area contributed by atoms with Crippen LogP contribution in [-0.4, -0.2) is 23.5 Å². The van der Waals surface area contributed by atoms with Crippen LogP contribution >= 0.6 is 0 Å². The first kappa shape index (κ1) is 9.05. The molecule has 66 valence electrons. The first-order valence-electron chi connectivity index (χ1n) is 4.92. The molecule has 2 unspecified atom stereocenters. The number of hydrogen-bond donors (Lipinski definition) is 0. The molecule has 11 heavy (non-hydrogen) atoms. The smallest absolute Gasteiger partial charge is 0.0118 e. The quantitative estimate of drug-likeness (QED) is 0.605. The molecule has 0 N–H and O–H groups in total. The van der Waals surface area contributed by atoms with E-state index in [0.29, 0.717) is 0 Å². The molecule has 1 aliphatic heterocycles. The molecule has 0 aliphatic carbocycles. The molecule has 0 aromatic rings. The molecule has 0 radical (unpaired) electrons. The fourth-order valence-corrected chi connectivity index (χ4v) is 2.12. The third-order valence-corrected chi connectivity index (χ3v) is 2.99. The predicted molar refractivity (Wildman–Crippen MR) is 49.7 cm³/mol. The van der Waals surface area contributed by atoms with Crippen molar-refractivity contribution in [1.82, 2.24) is 4.90 Å². The second-order valence-electron chi connectivity index (χ2n) is 4.10. The van der Waals surface area contributed by atoms with Gasteiger partial charge >= 0.3 is 0 Å². The second kappa shape index (κ2) is 3.57. The lowest BCUT2D eigenvalue weighted by molar-refractivity contribution is 0.0283. The highest BCUT2D eigenvalue weighted by molar-refractivity contribution is 4.85. The minimum Gasteiger partial charge on any atom is -0.297 e. The van der Waals surface area contributed by atoms with E-state index >= 15 is 0 Å². The van der Waals surface area contributed by atoms with E-state index in [1.807, 2.05) is 0 Å². The Hall–Kier alpha value is -0.0400. The summed E-state index contributed by atoms with van der Waals surface area (Å²) in [7, 11) is 0. The maximum absolute atomic E-state index is 2.64. The predicted octanol–water partition coefficient (Wildman–Crippen LogP) is 2.52. The van der Waals surface area contributed by atoms with Crippen LogP contribution in [-0.2, 0) is 0 Å². The summed E-state index contributed by atoms with van der Waals surface area (Å²) in [5, 5.41) is 0. The van der Waals surface area contributed by atoms with Crippen LogP contribution in [0.4, 0.5) is 0 Å². The molecular weight excluding hydrogens is 134 g/mol. The lowest BCUT2D eigenvalue weighted by atomic mass is 9.93. The molecular formula is C10H21N. The van der Waals surface area contributed by atoms with Crippen LogP contribution in [0.3, 0.4) is 0 Å². The van der Waals surface area contributed by atoms with E-state index in [1.54, 1.807) is 0 Å². The molecule has 1 aliphatic rings. The van der Waals surface area contributed by atoms with E-state index < -0.39 is 0 Å². The normalized spacial score (nSPS) is 28.6. The molecule has 0 saturated carbocycles. The minimum atomic E-state index is 0.822. The van der Waals surface area contributed by atoms with Gasteiger partial charge in [0, 0.05) is 18.6 Å². The van der Waals surface area contributed by atoms with Gasteiger partial charge in [0.2, 0.25) is 0 Å². The molecule has 0 spiro atoms. The highest BCUT2D eigenvalue weighted by Gasteiger charge is 2.30. The van der Waals surface area contributed by atoms with Gasteiger partial charge in [0.25, 0.3) is 0 Å². The zero-order valence-corrected chi connectivity index (χ0v) is 8.30. The number of nitrogens with zero attached hydrogens (tertiary/aromatic N) is 1. The SMILES string of the molecule is CCC(C(C)C)N1CCC1C. The lowest BCUT2D eigenvalue weighted by Gasteiger charge is -2.46. The van der Waals surface area contributed by atoms with Crippen LogP contribution in [0.5, 0.6) is 0 Å². The van der Waals surface area contributed by atoms with Gasteiger partial charge < -0.3 is 0 Å². The molecule has 2 atom stereocenters. The van der Waals surface area contributed by atoms with Gasteiger partial charge in [-0.3, -0.25) is 4.90 Å². The Bertz CT molecular complexity index is 120. The fraction of sp³-hybridized carbons (Fsp3) is 1.00. The second-order valence-corrected chi connectivity index (χ2v) is 4.10. The van der Waals surface area contributed by atoms with Gasteiger partial charge in [-0.15, -0.1) is 0 Å². The van der Waals surface area contributed by atoms with Gasteiger partial charge in [-0.1, -0.05) is 20.8 Å². The van der Waals surface area contributed by atoms with E-state index in [9.17, 15) is 0 Å². The summed E-state index contributed by atoms with van der Waals surface area (Å²) in [6, 6.07) is 1.68. The van der Waals surface area contributed by atoms with Gasteiger partial charge in [-0.05, 0) is 25.7 Å². The molecule has 0 aromatic heterocycles. The number of rotatable bonds is 3. The molecule has 1 rings (SSSR count). The van der Waals surface area contributed by atoms with E-state index in [4.69, 9.17) is 0 Å². The van der Waals surface area contributed by atoms with Crippen molar-refractivity contribution in [1.29, 1.82) is 0 Å². The first-order valence-corrected chi connectivity index (χ1v) is 4.92. The molecule has 0 amide bonds. The van der Waals surface area contributed by atoms with Gasteiger partial charge in [0.15, 0.2) is 0 Å². The van der Waals surface area contributed by atoms with Crippen molar-refractivity contribution in [2.24, 2.45) is 5.92 Å². The van der Waals surface area contributed by atoms with Crippen LogP contribution in [0.2, 0.25) is 0 Å². The molecule has 0 bridgehead atoms. The molecule has 1 nitrogen and oxygen atoms in total. The summed E-state index contributed by atoms with van der Waals surface area (Å²) in [5.74, 6) is 0.822. The molecule has 1 fully saturated rings. The Balaban J connectivity index is 2.41. The van der Waals surface area contributed by atoms with Crippen molar-refractivity contribution >= 4 is 0 Å². The summed E-state index contributed by atoms with van der Waals surface area (Å²) in [6.45, 7) is 10.6. The Labute approximate surface area is 70.8 Å². The highest BCUT2D eigenvalue weighted by atomic mass is 15.2. The summed E-state index contributed by atoms with van der Waals surface area (Å²) in [5.41, 5.74) is 0. The lowest BCUT2D eigenvalue weighted by Crippen LogP contribution is -2.53. The van der Waals surface area contributed by atoms with Crippen molar-refractivity contribution in [2.45, 2.75) is 52.6 Å². The topological polar surface area (TPSA) is 3.24 Å². The first-order chi connectivity index (χ1) is 5.16. The number of likely N-dealkylation sites (tertiary alicyclic amines) is 1. The number of hydrogen-bond acceptors (Lipinski definition) is 1. The maximum atomic E-state index is 2.64.